The zero-order valence-corrected chi connectivity index (χ0v) is 13.1. The molecule has 0 unspecified atom stereocenters. The number of nitrogens with one attached hydrogen (secondary N) is 1. The number of carbonyl (C=O) groups excluding carboxylic acids is 2. The molecular weight excluding hydrogens is 312 g/mol. The molecule has 3 rings (SSSR count). The summed E-state index contributed by atoms with van der Waals surface area (Å²) in [7, 11) is 0. The fourth-order valence-corrected chi connectivity index (χ4v) is 2.83. The molecule has 2 aliphatic heterocycles. The van der Waals surface area contributed by atoms with Crippen molar-refractivity contribution in [1.82, 2.24) is 10.2 Å². The number of rotatable bonds is 5. The van der Waals surface area contributed by atoms with E-state index in [1.165, 1.54) is 4.90 Å². The van der Waals surface area contributed by atoms with Crippen molar-refractivity contribution in [3.05, 3.63) is 47.2 Å². The second-order valence-electron chi connectivity index (χ2n) is 5.88. The SMILES string of the molecule is O=C(NCC1=CCCO1)[C@H](O)[C@@H](O)C(=O)N1Cc2ccccc2C1. The summed E-state index contributed by atoms with van der Waals surface area (Å²) in [6.45, 7) is 1.43. The van der Waals surface area contributed by atoms with Gasteiger partial charge in [-0.1, -0.05) is 24.3 Å². The van der Waals surface area contributed by atoms with Gasteiger partial charge in [0.15, 0.2) is 12.2 Å². The first kappa shape index (κ1) is 16.5. The van der Waals surface area contributed by atoms with Gasteiger partial charge in [0.1, 0.15) is 5.76 Å². The lowest BCUT2D eigenvalue weighted by Crippen LogP contribution is -2.50. The van der Waals surface area contributed by atoms with Gasteiger partial charge in [-0.15, -0.1) is 0 Å². The minimum Gasteiger partial charge on any atom is -0.496 e. The molecule has 0 spiro atoms. The van der Waals surface area contributed by atoms with E-state index in [9.17, 15) is 19.8 Å². The number of hydrogen-bond donors (Lipinski definition) is 3. The van der Waals surface area contributed by atoms with Crippen molar-refractivity contribution in [2.45, 2.75) is 31.7 Å². The summed E-state index contributed by atoms with van der Waals surface area (Å²) in [5, 5.41) is 22.4. The highest BCUT2D eigenvalue weighted by Gasteiger charge is 2.35. The van der Waals surface area contributed by atoms with Gasteiger partial charge in [0, 0.05) is 19.5 Å². The molecule has 24 heavy (non-hydrogen) atoms. The third kappa shape index (κ3) is 3.42. The van der Waals surface area contributed by atoms with Gasteiger partial charge in [-0.05, 0) is 17.2 Å². The number of benzene rings is 1. The van der Waals surface area contributed by atoms with Crippen LogP contribution in [0.4, 0.5) is 0 Å². The standard InChI is InChI=1S/C17H20N2O5/c20-14(16(22)18-8-13-6-3-7-24-13)15(21)17(23)19-9-11-4-1-2-5-12(11)10-19/h1-2,4-6,14-15,20-21H,3,7-10H2,(H,18,22)/t14-,15-/m1/s1. The molecule has 3 N–H and O–H groups in total. The molecule has 0 bridgehead atoms. The zero-order chi connectivity index (χ0) is 17.1. The van der Waals surface area contributed by atoms with Crippen LogP contribution in [0.3, 0.4) is 0 Å². The van der Waals surface area contributed by atoms with E-state index >= 15 is 0 Å². The zero-order valence-electron chi connectivity index (χ0n) is 13.1. The second kappa shape index (κ2) is 7.02. The van der Waals surface area contributed by atoms with Crippen LogP contribution < -0.4 is 5.32 Å². The molecule has 0 aliphatic carbocycles. The Labute approximate surface area is 139 Å². The highest BCUT2D eigenvalue weighted by Crippen LogP contribution is 2.23. The van der Waals surface area contributed by atoms with Crippen molar-refractivity contribution in [3.8, 4) is 0 Å². The van der Waals surface area contributed by atoms with Crippen molar-refractivity contribution < 1.29 is 24.5 Å². The Bertz CT molecular complexity index is 648. The van der Waals surface area contributed by atoms with Gasteiger partial charge < -0.3 is 25.2 Å². The van der Waals surface area contributed by atoms with Crippen LogP contribution in [0.25, 0.3) is 0 Å². The topological polar surface area (TPSA) is 99.1 Å². The van der Waals surface area contributed by atoms with E-state index in [0.717, 1.165) is 17.5 Å². The van der Waals surface area contributed by atoms with E-state index in [2.05, 4.69) is 5.32 Å². The quantitative estimate of drug-likeness (QED) is 0.686. The predicted molar refractivity (Wildman–Crippen MR) is 84.4 cm³/mol. The van der Waals surface area contributed by atoms with Crippen LogP contribution in [0, 0.1) is 0 Å². The lowest BCUT2D eigenvalue weighted by atomic mass is 10.1. The van der Waals surface area contributed by atoms with E-state index in [4.69, 9.17) is 4.74 Å². The van der Waals surface area contributed by atoms with Crippen molar-refractivity contribution in [1.29, 1.82) is 0 Å². The summed E-state index contributed by atoms with van der Waals surface area (Å²) in [6.07, 6.45) is -0.985. The number of fused-ring (bicyclic) bond motifs is 1. The molecule has 2 heterocycles. The van der Waals surface area contributed by atoms with Crippen LogP contribution in [0.5, 0.6) is 0 Å². The molecule has 1 aromatic carbocycles. The molecule has 2 amide bonds. The molecule has 1 aromatic rings. The highest BCUT2D eigenvalue weighted by atomic mass is 16.5. The summed E-state index contributed by atoms with van der Waals surface area (Å²) in [4.78, 5) is 25.6. The Morgan fingerprint density at radius 2 is 1.83 bits per heavy atom. The Morgan fingerprint density at radius 3 is 2.42 bits per heavy atom. The fourth-order valence-electron chi connectivity index (χ4n) is 2.83. The van der Waals surface area contributed by atoms with E-state index in [0.29, 0.717) is 25.5 Å². The smallest absolute Gasteiger partial charge is 0.255 e. The summed E-state index contributed by atoms with van der Waals surface area (Å²) < 4.78 is 5.24. The number of aliphatic hydroxyl groups excluding tert-OH is 2. The molecule has 0 saturated carbocycles. The third-order valence-corrected chi connectivity index (χ3v) is 4.19. The molecular formula is C17H20N2O5. The number of hydrogen-bond acceptors (Lipinski definition) is 5. The second-order valence-corrected chi connectivity index (χ2v) is 5.88. The average Bonchev–Trinajstić information content (AvgIpc) is 3.26. The minimum atomic E-state index is -1.82. The van der Waals surface area contributed by atoms with Gasteiger partial charge in [-0.25, -0.2) is 0 Å². The number of nitrogens with zero attached hydrogens (tertiary/aromatic N) is 1. The Morgan fingerprint density at radius 1 is 1.17 bits per heavy atom. The summed E-state index contributed by atoms with van der Waals surface area (Å²) >= 11 is 0. The molecule has 0 radical (unpaired) electrons. The largest absolute Gasteiger partial charge is 0.496 e. The Hall–Kier alpha value is -2.38. The third-order valence-electron chi connectivity index (χ3n) is 4.19. The average molecular weight is 332 g/mol. The summed E-state index contributed by atoms with van der Waals surface area (Å²) in [5.74, 6) is -0.847. The number of amides is 2. The fraction of sp³-hybridized carbons (Fsp3) is 0.412. The maximum Gasteiger partial charge on any atom is 0.255 e. The molecule has 128 valence electrons. The van der Waals surface area contributed by atoms with Crippen LogP contribution in [0.1, 0.15) is 17.5 Å². The van der Waals surface area contributed by atoms with Crippen LogP contribution >= 0.6 is 0 Å². The Balaban J connectivity index is 1.54. The highest BCUT2D eigenvalue weighted by molar-refractivity contribution is 5.91. The molecule has 0 aromatic heterocycles. The van der Waals surface area contributed by atoms with E-state index in [1.807, 2.05) is 30.3 Å². The number of carbonyl (C=O) groups is 2. The van der Waals surface area contributed by atoms with Gasteiger partial charge in [0.05, 0.1) is 13.2 Å². The van der Waals surface area contributed by atoms with E-state index in [1.54, 1.807) is 0 Å². The molecule has 7 nitrogen and oxygen atoms in total. The van der Waals surface area contributed by atoms with Crippen LogP contribution in [-0.4, -0.2) is 52.3 Å². The molecule has 2 atom stereocenters. The Kier molecular flexibility index (Phi) is 4.82. The maximum absolute atomic E-state index is 12.3. The van der Waals surface area contributed by atoms with Gasteiger partial charge in [0.25, 0.3) is 11.8 Å². The van der Waals surface area contributed by atoms with Gasteiger partial charge in [0.2, 0.25) is 0 Å². The first-order valence-electron chi connectivity index (χ1n) is 7.87. The van der Waals surface area contributed by atoms with E-state index in [-0.39, 0.29) is 6.54 Å². The molecule has 2 aliphatic rings. The van der Waals surface area contributed by atoms with Gasteiger partial charge >= 0.3 is 0 Å². The lowest BCUT2D eigenvalue weighted by molar-refractivity contribution is -0.153. The normalized spacial score (nSPS) is 18.4. The van der Waals surface area contributed by atoms with Crippen LogP contribution in [-0.2, 0) is 27.4 Å². The first-order valence-corrected chi connectivity index (χ1v) is 7.87. The maximum atomic E-state index is 12.3. The number of ether oxygens (including phenoxy) is 1. The minimum absolute atomic E-state index is 0.131. The van der Waals surface area contributed by atoms with Crippen molar-refractivity contribution >= 4 is 11.8 Å². The monoisotopic (exact) mass is 332 g/mol. The lowest BCUT2D eigenvalue weighted by Gasteiger charge is -2.22. The summed E-state index contributed by atoms with van der Waals surface area (Å²) in [6, 6.07) is 7.58. The van der Waals surface area contributed by atoms with Crippen molar-refractivity contribution in [3.63, 3.8) is 0 Å². The van der Waals surface area contributed by atoms with Crippen LogP contribution in [0.2, 0.25) is 0 Å². The van der Waals surface area contributed by atoms with Crippen molar-refractivity contribution in [2.24, 2.45) is 0 Å². The van der Waals surface area contributed by atoms with Gasteiger partial charge in [-0.3, -0.25) is 9.59 Å². The van der Waals surface area contributed by atoms with E-state index < -0.39 is 24.0 Å². The van der Waals surface area contributed by atoms with Crippen LogP contribution in [0.15, 0.2) is 36.1 Å². The van der Waals surface area contributed by atoms with Gasteiger partial charge in [-0.2, -0.15) is 0 Å². The number of aliphatic hydroxyl groups is 2. The van der Waals surface area contributed by atoms with Crippen molar-refractivity contribution in [2.75, 3.05) is 13.2 Å². The molecule has 0 saturated heterocycles. The molecule has 7 heteroatoms. The first-order chi connectivity index (χ1) is 11.6. The predicted octanol–water partition coefficient (Wildman–Crippen LogP) is -0.329. The molecule has 0 fully saturated rings. The summed E-state index contributed by atoms with van der Waals surface area (Å²) in [5.41, 5.74) is 2.00.